The van der Waals surface area contributed by atoms with E-state index in [4.69, 9.17) is 0 Å². The second-order valence-corrected chi connectivity index (χ2v) is 7.57. The number of aromatic nitrogens is 1. The minimum Gasteiger partial charge on any atom is -0.330 e. The molecule has 1 amide bonds. The molecule has 0 aliphatic carbocycles. The lowest BCUT2D eigenvalue weighted by Gasteiger charge is -2.21. The van der Waals surface area contributed by atoms with Gasteiger partial charge in [-0.05, 0) is 43.2 Å². The summed E-state index contributed by atoms with van der Waals surface area (Å²) >= 11 is 1.58. The lowest BCUT2D eigenvalue weighted by Crippen LogP contribution is -2.28. The van der Waals surface area contributed by atoms with Gasteiger partial charge in [-0.1, -0.05) is 12.1 Å². The zero-order chi connectivity index (χ0) is 19.7. The fraction of sp³-hybridized carbons (Fsp3) is 0.200. The van der Waals surface area contributed by atoms with Crippen molar-refractivity contribution in [1.29, 1.82) is 0 Å². The van der Waals surface area contributed by atoms with E-state index in [1.54, 1.807) is 16.2 Å². The number of nitro benzene ring substituents is 1. The summed E-state index contributed by atoms with van der Waals surface area (Å²) in [6.07, 6.45) is 4.38. The third-order valence-corrected chi connectivity index (χ3v) is 5.86. The van der Waals surface area contributed by atoms with Gasteiger partial charge in [0.1, 0.15) is 10.8 Å². The first-order valence-electron chi connectivity index (χ1n) is 8.81. The monoisotopic (exact) mass is 397 g/mol. The molecule has 1 atom stereocenters. The van der Waals surface area contributed by atoms with Crippen LogP contribution in [-0.4, -0.2) is 27.3 Å². The molecule has 0 saturated carbocycles. The van der Waals surface area contributed by atoms with Crippen LogP contribution in [0.15, 0.2) is 48.5 Å². The van der Waals surface area contributed by atoms with Crippen LogP contribution in [0.5, 0.6) is 0 Å². The number of benzene rings is 2. The van der Waals surface area contributed by atoms with Crippen LogP contribution < -0.4 is 0 Å². The Hall–Kier alpha value is -3.13. The highest BCUT2D eigenvalue weighted by Crippen LogP contribution is 2.36. The summed E-state index contributed by atoms with van der Waals surface area (Å²) in [5.74, 6) is -0.925. The number of rotatable bonds is 4. The number of fused-ring (bicyclic) bond motifs is 1. The maximum Gasteiger partial charge on any atom is 0.279 e. The standard InChI is InChI=1S/C20H16FN3O3S/c21-14-9-7-13(17(12-14)24(26)27)8-10-19(25)23-11-3-5-16(23)20-22-15-4-1-2-6-18(15)28-20/h1-2,4,6-10,12,16H,3,5,11H2. The maximum absolute atomic E-state index is 13.3. The minimum absolute atomic E-state index is 0.0993. The van der Waals surface area contributed by atoms with Crippen LogP contribution in [0, 0.1) is 15.9 Å². The number of thiazole rings is 1. The first-order chi connectivity index (χ1) is 13.5. The summed E-state index contributed by atoms with van der Waals surface area (Å²) in [4.78, 5) is 29.6. The van der Waals surface area contributed by atoms with Gasteiger partial charge in [-0.15, -0.1) is 11.3 Å². The first-order valence-corrected chi connectivity index (χ1v) is 9.62. The van der Waals surface area contributed by atoms with Gasteiger partial charge in [0.05, 0.1) is 32.8 Å². The normalized spacial score (nSPS) is 16.9. The quantitative estimate of drug-likeness (QED) is 0.363. The Morgan fingerprint density at radius 3 is 2.93 bits per heavy atom. The van der Waals surface area contributed by atoms with Gasteiger partial charge < -0.3 is 4.90 Å². The lowest BCUT2D eigenvalue weighted by atomic mass is 10.1. The van der Waals surface area contributed by atoms with E-state index in [-0.39, 0.29) is 23.2 Å². The van der Waals surface area contributed by atoms with Crippen molar-refractivity contribution in [3.8, 4) is 0 Å². The molecule has 1 fully saturated rings. The van der Waals surface area contributed by atoms with Gasteiger partial charge >= 0.3 is 0 Å². The summed E-state index contributed by atoms with van der Waals surface area (Å²) in [6, 6.07) is 11.0. The number of carbonyl (C=O) groups is 1. The molecular formula is C20H16FN3O3S. The summed E-state index contributed by atoms with van der Waals surface area (Å²) < 4.78 is 14.3. The molecule has 142 valence electrons. The molecule has 1 aliphatic heterocycles. The highest BCUT2D eigenvalue weighted by Gasteiger charge is 2.31. The van der Waals surface area contributed by atoms with Gasteiger partial charge in [-0.25, -0.2) is 9.37 Å². The molecule has 28 heavy (non-hydrogen) atoms. The third kappa shape index (κ3) is 3.50. The molecule has 1 unspecified atom stereocenters. The van der Waals surface area contributed by atoms with Gasteiger partial charge in [0, 0.05) is 12.6 Å². The predicted molar refractivity (Wildman–Crippen MR) is 105 cm³/mol. The van der Waals surface area contributed by atoms with Gasteiger partial charge in [0.2, 0.25) is 5.91 Å². The molecule has 0 N–H and O–H groups in total. The number of likely N-dealkylation sites (tertiary alicyclic amines) is 1. The van der Waals surface area contributed by atoms with Gasteiger partial charge in [0.25, 0.3) is 5.69 Å². The average Bonchev–Trinajstić information content (AvgIpc) is 3.33. The molecule has 0 bridgehead atoms. The molecule has 1 aromatic heterocycles. The molecular weight excluding hydrogens is 381 g/mol. The summed E-state index contributed by atoms with van der Waals surface area (Å²) in [5, 5.41) is 12.0. The molecule has 2 heterocycles. The van der Waals surface area contributed by atoms with Crippen molar-refractivity contribution < 1.29 is 14.1 Å². The van der Waals surface area contributed by atoms with E-state index < -0.39 is 10.7 Å². The molecule has 0 radical (unpaired) electrons. The SMILES string of the molecule is O=C(C=Cc1ccc(F)cc1[N+](=O)[O-])N1CCCC1c1nc2ccccc2s1. The maximum atomic E-state index is 13.3. The molecule has 3 aromatic rings. The smallest absolute Gasteiger partial charge is 0.279 e. The lowest BCUT2D eigenvalue weighted by molar-refractivity contribution is -0.385. The second kappa shape index (κ2) is 7.47. The number of carbonyl (C=O) groups excluding carboxylic acids is 1. The van der Waals surface area contributed by atoms with Crippen molar-refractivity contribution in [2.75, 3.05) is 6.54 Å². The van der Waals surface area contributed by atoms with Crippen molar-refractivity contribution >= 4 is 39.2 Å². The van der Waals surface area contributed by atoms with Crippen molar-refractivity contribution in [3.05, 3.63) is 75.0 Å². The second-order valence-electron chi connectivity index (χ2n) is 6.50. The minimum atomic E-state index is -0.689. The fourth-order valence-electron chi connectivity index (χ4n) is 3.39. The zero-order valence-electron chi connectivity index (χ0n) is 14.7. The fourth-order valence-corrected chi connectivity index (χ4v) is 4.51. The van der Waals surface area contributed by atoms with Crippen LogP contribution in [0.2, 0.25) is 0 Å². The van der Waals surface area contributed by atoms with E-state index in [9.17, 15) is 19.3 Å². The number of hydrogen-bond acceptors (Lipinski definition) is 5. The molecule has 2 aromatic carbocycles. The third-order valence-electron chi connectivity index (χ3n) is 4.73. The Balaban J connectivity index is 1.57. The van der Waals surface area contributed by atoms with Crippen LogP contribution in [-0.2, 0) is 4.79 Å². The Kier molecular flexibility index (Phi) is 4.87. The van der Waals surface area contributed by atoms with Crippen molar-refractivity contribution in [3.63, 3.8) is 0 Å². The number of nitrogens with zero attached hydrogens (tertiary/aromatic N) is 3. The van der Waals surface area contributed by atoms with Crippen LogP contribution in [0.25, 0.3) is 16.3 Å². The average molecular weight is 397 g/mol. The van der Waals surface area contributed by atoms with E-state index in [0.717, 1.165) is 40.2 Å². The predicted octanol–water partition coefficient (Wildman–Crippen LogP) is 4.72. The topological polar surface area (TPSA) is 76.3 Å². The van der Waals surface area contributed by atoms with Crippen molar-refractivity contribution in [1.82, 2.24) is 9.88 Å². The van der Waals surface area contributed by atoms with E-state index in [1.165, 1.54) is 18.2 Å². The number of nitro groups is 1. The Morgan fingerprint density at radius 1 is 1.32 bits per heavy atom. The Morgan fingerprint density at radius 2 is 2.14 bits per heavy atom. The van der Waals surface area contributed by atoms with E-state index in [2.05, 4.69) is 4.98 Å². The molecule has 4 rings (SSSR count). The van der Waals surface area contributed by atoms with Crippen LogP contribution in [0.4, 0.5) is 10.1 Å². The number of halogens is 1. The number of amides is 1. The summed E-state index contributed by atoms with van der Waals surface area (Å²) in [5.41, 5.74) is 0.739. The van der Waals surface area contributed by atoms with Gasteiger partial charge in [-0.3, -0.25) is 14.9 Å². The van der Waals surface area contributed by atoms with E-state index in [0.29, 0.717) is 6.54 Å². The van der Waals surface area contributed by atoms with Gasteiger partial charge in [0.15, 0.2) is 0 Å². The van der Waals surface area contributed by atoms with E-state index >= 15 is 0 Å². The van der Waals surface area contributed by atoms with Crippen molar-refractivity contribution in [2.45, 2.75) is 18.9 Å². The number of para-hydroxylation sites is 1. The Labute approximate surface area is 164 Å². The summed E-state index contributed by atoms with van der Waals surface area (Å²) in [6.45, 7) is 0.606. The van der Waals surface area contributed by atoms with Crippen LogP contribution >= 0.6 is 11.3 Å². The molecule has 6 nitrogen and oxygen atoms in total. The van der Waals surface area contributed by atoms with Gasteiger partial charge in [-0.2, -0.15) is 0 Å². The highest BCUT2D eigenvalue weighted by molar-refractivity contribution is 7.18. The highest BCUT2D eigenvalue weighted by atomic mass is 32.1. The van der Waals surface area contributed by atoms with Crippen molar-refractivity contribution in [2.24, 2.45) is 0 Å². The van der Waals surface area contributed by atoms with Crippen LogP contribution in [0.3, 0.4) is 0 Å². The zero-order valence-corrected chi connectivity index (χ0v) is 15.6. The van der Waals surface area contributed by atoms with E-state index in [1.807, 2.05) is 24.3 Å². The van der Waals surface area contributed by atoms with Crippen LogP contribution in [0.1, 0.15) is 29.5 Å². The molecule has 1 saturated heterocycles. The largest absolute Gasteiger partial charge is 0.330 e. The number of hydrogen-bond donors (Lipinski definition) is 0. The Bertz CT molecular complexity index is 1060. The summed E-state index contributed by atoms with van der Waals surface area (Å²) in [7, 11) is 0. The molecule has 1 aliphatic rings. The molecule has 8 heteroatoms. The first kappa shape index (κ1) is 18.2. The molecule has 0 spiro atoms.